The van der Waals surface area contributed by atoms with E-state index in [4.69, 9.17) is 10.0 Å². The van der Waals surface area contributed by atoms with Gasteiger partial charge in [0.2, 0.25) is 0 Å². The average Bonchev–Trinajstić information content (AvgIpc) is 2.46. The molecule has 0 heterocycles. The summed E-state index contributed by atoms with van der Waals surface area (Å²) in [6.45, 7) is 0. The van der Waals surface area contributed by atoms with Crippen molar-refractivity contribution < 1.29 is 14.8 Å². The molecule has 2 rings (SSSR count). The van der Waals surface area contributed by atoms with Crippen molar-refractivity contribution in [3.63, 3.8) is 0 Å². The van der Waals surface area contributed by atoms with Gasteiger partial charge in [-0.3, -0.25) is 4.79 Å². The van der Waals surface area contributed by atoms with Crippen molar-refractivity contribution in [2.75, 3.05) is 11.9 Å². The van der Waals surface area contributed by atoms with Crippen LogP contribution in [0.1, 0.15) is 10.4 Å². The van der Waals surface area contributed by atoms with Crippen LogP contribution in [0, 0.1) is 0 Å². The van der Waals surface area contributed by atoms with Crippen LogP contribution in [0.2, 0.25) is 0 Å². The van der Waals surface area contributed by atoms with Gasteiger partial charge in [-0.25, -0.2) is 0 Å². The number of hydrogen-bond donors (Lipinski definition) is 2. The Morgan fingerprint density at radius 3 is 2.11 bits per heavy atom. The standard InChI is InChI=1S/C14H14BNO3/c1-16(13-5-3-2-4-6-13)14(17)11-7-9-12(10-8-11)15(18)19/h2-10,18-19H,1H3. The van der Waals surface area contributed by atoms with Gasteiger partial charge in [-0.2, -0.15) is 0 Å². The molecule has 0 fully saturated rings. The third-order valence-electron chi connectivity index (χ3n) is 2.90. The molecular formula is C14H14BNO3. The molecule has 0 radical (unpaired) electrons. The first-order valence-corrected chi connectivity index (χ1v) is 5.89. The summed E-state index contributed by atoms with van der Waals surface area (Å²) in [4.78, 5) is 13.8. The summed E-state index contributed by atoms with van der Waals surface area (Å²) >= 11 is 0. The minimum Gasteiger partial charge on any atom is -0.423 e. The van der Waals surface area contributed by atoms with Crippen molar-refractivity contribution in [2.45, 2.75) is 0 Å². The second-order valence-electron chi connectivity index (χ2n) is 4.20. The Bertz CT molecular complexity index is 555. The second-order valence-corrected chi connectivity index (χ2v) is 4.20. The maximum absolute atomic E-state index is 12.2. The first-order chi connectivity index (χ1) is 9.09. The normalized spacial score (nSPS) is 10.1. The smallest absolute Gasteiger partial charge is 0.423 e. The molecule has 2 N–H and O–H groups in total. The Morgan fingerprint density at radius 2 is 1.58 bits per heavy atom. The number of nitrogens with zero attached hydrogens (tertiary/aromatic N) is 1. The van der Waals surface area contributed by atoms with E-state index in [-0.39, 0.29) is 5.91 Å². The average molecular weight is 255 g/mol. The number of carbonyl (C=O) groups is 1. The molecule has 0 aliphatic rings. The van der Waals surface area contributed by atoms with Crippen molar-refractivity contribution in [3.05, 3.63) is 60.2 Å². The van der Waals surface area contributed by atoms with Crippen LogP contribution in [0.4, 0.5) is 5.69 Å². The van der Waals surface area contributed by atoms with Crippen molar-refractivity contribution in [2.24, 2.45) is 0 Å². The molecule has 0 aromatic heterocycles. The summed E-state index contributed by atoms with van der Waals surface area (Å²) in [5, 5.41) is 18.0. The van der Waals surface area contributed by atoms with E-state index in [1.54, 1.807) is 24.1 Å². The number of anilines is 1. The fraction of sp³-hybridized carbons (Fsp3) is 0.0714. The van der Waals surface area contributed by atoms with Gasteiger partial charge in [-0.1, -0.05) is 30.3 Å². The second kappa shape index (κ2) is 5.69. The van der Waals surface area contributed by atoms with Gasteiger partial charge in [0.25, 0.3) is 5.91 Å². The van der Waals surface area contributed by atoms with Gasteiger partial charge in [-0.15, -0.1) is 0 Å². The summed E-state index contributed by atoms with van der Waals surface area (Å²) in [6.07, 6.45) is 0. The lowest BCUT2D eigenvalue weighted by atomic mass is 9.80. The molecule has 1 amide bonds. The van der Waals surface area contributed by atoms with Crippen LogP contribution in [-0.4, -0.2) is 30.1 Å². The van der Waals surface area contributed by atoms with Crippen molar-refractivity contribution >= 4 is 24.2 Å². The number of para-hydroxylation sites is 1. The van der Waals surface area contributed by atoms with E-state index >= 15 is 0 Å². The fourth-order valence-electron chi connectivity index (χ4n) is 1.76. The van der Waals surface area contributed by atoms with E-state index in [2.05, 4.69) is 0 Å². The van der Waals surface area contributed by atoms with Gasteiger partial charge >= 0.3 is 7.12 Å². The summed E-state index contributed by atoms with van der Waals surface area (Å²) in [5.74, 6) is -0.148. The highest BCUT2D eigenvalue weighted by atomic mass is 16.4. The zero-order valence-electron chi connectivity index (χ0n) is 10.5. The van der Waals surface area contributed by atoms with Crippen molar-refractivity contribution in [1.82, 2.24) is 0 Å². The fourth-order valence-corrected chi connectivity index (χ4v) is 1.76. The third-order valence-corrected chi connectivity index (χ3v) is 2.90. The molecule has 0 saturated carbocycles. The number of amides is 1. The molecule has 2 aromatic rings. The number of carbonyl (C=O) groups excluding carboxylic acids is 1. The van der Waals surface area contributed by atoms with Crippen LogP contribution < -0.4 is 10.4 Å². The van der Waals surface area contributed by atoms with Crippen LogP contribution in [0.15, 0.2) is 54.6 Å². The Morgan fingerprint density at radius 1 is 1.00 bits per heavy atom. The molecule has 5 heteroatoms. The Hall–Kier alpha value is -2.11. The summed E-state index contributed by atoms with van der Waals surface area (Å²) in [6, 6.07) is 15.5. The predicted octanol–water partition coefficient (Wildman–Crippen LogP) is 0.643. The molecule has 0 unspecified atom stereocenters. The summed E-state index contributed by atoms with van der Waals surface area (Å²) in [7, 11) is 0.183. The zero-order valence-corrected chi connectivity index (χ0v) is 10.5. The van der Waals surface area contributed by atoms with E-state index in [0.717, 1.165) is 5.69 Å². The summed E-state index contributed by atoms with van der Waals surface area (Å²) < 4.78 is 0. The highest BCUT2D eigenvalue weighted by Crippen LogP contribution is 2.14. The zero-order chi connectivity index (χ0) is 13.8. The van der Waals surface area contributed by atoms with E-state index < -0.39 is 7.12 Å². The molecule has 0 saturated heterocycles. The highest BCUT2D eigenvalue weighted by Gasteiger charge is 2.15. The lowest BCUT2D eigenvalue weighted by Gasteiger charge is -2.17. The lowest BCUT2D eigenvalue weighted by molar-refractivity contribution is 0.0993. The van der Waals surface area contributed by atoms with E-state index in [1.165, 1.54) is 12.1 Å². The topological polar surface area (TPSA) is 60.8 Å². The summed E-state index contributed by atoms with van der Waals surface area (Å²) in [5.41, 5.74) is 1.66. The molecule has 0 aliphatic carbocycles. The SMILES string of the molecule is CN(C(=O)c1ccc(B(O)O)cc1)c1ccccc1. The molecule has 0 bridgehead atoms. The molecule has 0 spiro atoms. The van der Waals surface area contributed by atoms with E-state index in [1.807, 2.05) is 30.3 Å². The van der Waals surface area contributed by atoms with Crippen LogP contribution >= 0.6 is 0 Å². The number of rotatable bonds is 3. The van der Waals surface area contributed by atoms with Gasteiger partial charge in [-0.05, 0) is 29.7 Å². The Kier molecular flexibility index (Phi) is 3.99. The minimum atomic E-state index is -1.52. The molecule has 96 valence electrons. The number of hydrogen-bond acceptors (Lipinski definition) is 3. The van der Waals surface area contributed by atoms with Crippen molar-refractivity contribution in [1.29, 1.82) is 0 Å². The van der Waals surface area contributed by atoms with Gasteiger partial charge < -0.3 is 14.9 Å². The first kappa shape index (κ1) is 13.3. The first-order valence-electron chi connectivity index (χ1n) is 5.89. The largest absolute Gasteiger partial charge is 0.488 e. The van der Waals surface area contributed by atoms with Crippen molar-refractivity contribution in [3.8, 4) is 0 Å². The molecule has 0 atom stereocenters. The molecule has 4 nitrogen and oxygen atoms in total. The van der Waals surface area contributed by atoms with Crippen LogP contribution in [0.25, 0.3) is 0 Å². The Balaban J connectivity index is 2.20. The van der Waals surface area contributed by atoms with Crippen LogP contribution in [0.5, 0.6) is 0 Å². The molecule has 2 aromatic carbocycles. The molecule has 19 heavy (non-hydrogen) atoms. The van der Waals surface area contributed by atoms with Crippen LogP contribution in [0.3, 0.4) is 0 Å². The van der Waals surface area contributed by atoms with Gasteiger partial charge in [0.1, 0.15) is 0 Å². The Labute approximate surface area is 112 Å². The quantitative estimate of drug-likeness (QED) is 0.791. The monoisotopic (exact) mass is 255 g/mol. The van der Waals surface area contributed by atoms with Crippen LogP contribution in [-0.2, 0) is 0 Å². The lowest BCUT2D eigenvalue weighted by Crippen LogP contribution is -2.31. The number of benzene rings is 2. The maximum Gasteiger partial charge on any atom is 0.488 e. The van der Waals surface area contributed by atoms with E-state index in [0.29, 0.717) is 11.0 Å². The van der Waals surface area contributed by atoms with E-state index in [9.17, 15) is 4.79 Å². The molecular weight excluding hydrogens is 241 g/mol. The minimum absolute atomic E-state index is 0.148. The predicted molar refractivity (Wildman–Crippen MR) is 75.4 cm³/mol. The van der Waals surface area contributed by atoms with Gasteiger partial charge in [0.15, 0.2) is 0 Å². The molecule has 0 aliphatic heterocycles. The van der Waals surface area contributed by atoms with Gasteiger partial charge in [0.05, 0.1) is 0 Å². The third kappa shape index (κ3) is 3.02. The highest BCUT2D eigenvalue weighted by molar-refractivity contribution is 6.58. The van der Waals surface area contributed by atoms with Gasteiger partial charge in [0, 0.05) is 18.3 Å². The maximum atomic E-state index is 12.2.